The van der Waals surface area contributed by atoms with Gasteiger partial charge >= 0.3 is 0 Å². The molecule has 0 radical (unpaired) electrons. The van der Waals surface area contributed by atoms with E-state index in [4.69, 9.17) is 9.47 Å². The third-order valence-corrected chi connectivity index (χ3v) is 4.64. The molecule has 0 aliphatic carbocycles. The molecule has 1 amide bonds. The van der Waals surface area contributed by atoms with Crippen LogP contribution in [0.3, 0.4) is 0 Å². The zero-order valence-electron chi connectivity index (χ0n) is 13.1. The Bertz CT molecular complexity index is 727. The minimum Gasteiger partial charge on any atom is -0.493 e. The van der Waals surface area contributed by atoms with Crippen molar-refractivity contribution in [1.82, 2.24) is 0 Å². The van der Waals surface area contributed by atoms with Gasteiger partial charge in [0.25, 0.3) is 5.91 Å². The van der Waals surface area contributed by atoms with E-state index in [9.17, 15) is 4.79 Å². The van der Waals surface area contributed by atoms with Gasteiger partial charge in [-0.25, -0.2) is 4.99 Å². The molecule has 7 heteroatoms. The summed E-state index contributed by atoms with van der Waals surface area (Å²) in [4.78, 5) is 22.5. The summed E-state index contributed by atoms with van der Waals surface area (Å²) < 4.78 is 10.6. The Morgan fingerprint density at radius 2 is 2.00 bits per heavy atom. The average molecular weight is 331 g/mol. The van der Waals surface area contributed by atoms with Crippen molar-refractivity contribution in [2.24, 2.45) is 9.98 Å². The zero-order chi connectivity index (χ0) is 16.4. The molecule has 0 aromatic heterocycles. The maximum Gasteiger partial charge on any atom is 0.267 e. The van der Waals surface area contributed by atoms with E-state index in [1.165, 1.54) is 11.8 Å². The summed E-state index contributed by atoms with van der Waals surface area (Å²) in [6.45, 7) is 0.440. The number of rotatable bonds is 5. The van der Waals surface area contributed by atoms with Crippen molar-refractivity contribution < 1.29 is 14.3 Å². The number of fused-ring (bicyclic) bond motifs is 1. The van der Waals surface area contributed by atoms with Crippen LogP contribution in [0.1, 0.15) is 0 Å². The van der Waals surface area contributed by atoms with Crippen molar-refractivity contribution in [3.63, 3.8) is 0 Å². The highest BCUT2D eigenvalue weighted by Crippen LogP contribution is 2.31. The van der Waals surface area contributed by atoms with Gasteiger partial charge in [-0.3, -0.25) is 4.79 Å². The number of ether oxygens (including phenoxy) is 2. The minimum absolute atomic E-state index is 0.138. The molecule has 3 rings (SSSR count). The number of hydrogen-bond acceptors (Lipinski definition) is 6. The lowest BCUT2D eigenvalue weighted by Gasteiger charge is -2.22. The van der Waals surface area contributed by atoms with Crippen LogP contribution in [0, 0.1) is 0 Å². The van der Waals surface area contributed by atoms with Crippen molar-refractivity contribution in [2.75, 3.05) is 32.7 Å². The molecule has 1 aromatic carbocycles. The van der Waals surface area contributed by atoms with E-state index in [1.54, 1.807) is 14.2 Å². The highest BCUT2D eigenvalue weighted by Gasteiger charge is 2.30. The lowest BCUT2D eigenvalue weighted by molar-refractivity contribution is -0.116. The summed E-state index contributed by atoms with van der Waals surface area (Å²) in [5.41, 5.74) is 1.71. The van der Waals surface area contributed by atoms with Gasteiger partial charge in [-0.1, -0.05) is 0 Å². The Labute approximate surface area is 138 Å². The van der Waals surface area contributed by atoms with E-state index in [0.29, 0.717) is 23.9 Å². The average Bonchev–Trinajstić information content (AvgIpc) is 3.03. The first-order chi connectivity index (χ1) is 11.1. The van der Waals surface area contributed by atoms with Gasteiger partial charge < -0.3 is 14.4 Å². The van der Waals surface area contributed by atoms with Crippen LogP contribution in [-0.4, -0.2) is 50.5 Å². The number of carbonyl (C=O) groups excluding carboxylic acids is 1. The van der Waals surface area contributed by atoms with Crippen LogP contribution < -0.4 is 14.4 Å². The highest BCUT2D eigenvalue weighted by molar-refractivity contribution is 8.04. The van der Waals surface area contributed by atoms with E-state index in [-0.39, 0.29) is 11.2 Å². The fourth-order valence-electron chi connectivity index (χ4n) is 2.42. The Kier molecular flexibility index (Phi) is 4.38. The first kappa shape index (κ1) is 15.6. The third kappa shape index (κ3) is 3.10. The standard InChI is InChI=1S/C16H17N3O3S/c1-19(10-4-5-12(21-2)13(8-10)22-3)9-14-17-11-6-7-23-15(11)16(20)18-14/h4-8,15H,9H2,1-3H3. The molecule has 2 heterocycles. The molecule has 0 N–H and O–H groups in total. The maximum absolute atomic E-state index is 12.0. The summed E-state index contributed by atoms with van der Waals surface area (Å²) in [5, 5.41) is 1.63. The molecule has 2 aliphatic heterocycles. The Morgan fingerprint density at radius 1 is 1.22 bits per heavy atom. The van der Waals surface area contributed by atoms with Gasteiger partial charge in [0.05, 0.1) is 26.5 Å². The van der Waals surface area contributed by atoms with Gasteiger partial charge in [-0.05, 0) is 23.6 Å². The molecule has 0 saturated carbocycles. The van der Waals surface area contributed by atoms with E-state index >= 15 is 0 Å². The van der Waals surface area contributed by atoms with Crippen molar-refractivity contribution in [3.8, 4) is 11.5 Å². The fraction of sp³-hybridized carbons (Fsp3) is 0.312. The lowest BCUT2D eigenvalue weighted by atomic mass is 10.2. The number of benzene rings is 1. The number of amides is 1. The Morgan fingerprint density at radius 3 is 2.74 bits per heavy atom. The smallest absolute Gasteiger partial charge is 0.267 e. The molecule has 1 aromatic rings. The topological polar surface area (TPSA) is 63.5 Å². The molecule has 0 spiro atoms. The minimum atomic E-state index is -0.259. The van der Waals surface area contributed by atoms with Gasteiger partial charge in [-0.2, -0.15) is 4.99 Å². The van der Waals surface area contributed by atoms with E-state index in [0.717, 1.165) is 11.4 Å². The van der Waals surface area contributed by atoms with Gasteiger partial charge in [-0.15, -0.1) is 11.8 Å². The van der Waals surface area contributed by atoms with Crippen molar-refractivity contribution in [2.45, 2.75) is 5.25 Å². The molecular formula is C16H17N3O3S. The van der Waals surface area contributed by atoms with Crippen LogP contribution in [0.25, 0.3) is 0 Å². The first-order valence-electron chi connectivity index (χ1n) is 7.07. The molecule has 0 fully saturated rings. The summed E-state index contributed by atoms with van der Waals surface area (Å²) in [7, 11) is 5.12. The summed E-state index contributed by atoms with van der Waals surface area (Å²) in [5.74, 6) is 1.71. The number of aliphatic imine (C=N–C) groups is 2. The van der Waals surface area contributed by atoms with Gasteiger partial charge in [0, 0.05) is 18.8 Å². The second-order valence-corrected chi connectivity index (χ2v) is 6.13. The predicted octanol–water partition coefficient (Wildman–Crippen LogP) is 2.15. The zero-order valence-corrected chi connectivity index (χ0v) is 14.0. The molecule has 1 unspecified atom stereocenters. The molecule has 0 bridgehead atoms. The number of nitrogens with zero attached hydrogens (tertiary/aromatic N) is 3. The largest absolute Gasteiger partial charge is 0.493 e. The number of anilines is 1. The Balaban J connectivity index is 1.78. The molecule has 0 saturated heterocycles. The second-order valence-electron chi connectivity index (χ2n) is 5.12. The fourth-order valence-corrected chi connectivity index (χ4v) is 3.24. The first-order valence-corrected chi connectivity index (χ1v) is 8.02. The predicted molar refractivity (Wildman–Crippen MR) is 93.2 cm³/mol. The number of hydrogen-bond donors (Lipinski definition) is 0. The number of amidine groups is 1. The highest BCUT2D eigenvalue weighted by atomic mass is 32.2. The number of allylic oxidation sites excluding steroid dienone is 1. The van der Waals surface area contributed by atoms with E-state index in [2.05, 4.69) is 9.98 Å². The molecule has 6 nitrogen and oxygen atoms in total. The van der Waals surface area contributed by atoms with Gasteiger partial charge in [0.1, 0.15) is 5.25 Å². The van der Waals surface area contributed by atoms with Crippen LogP contribution >= 0.6 is 11.8 Å². The molecule has 23 heavy (non-hydrogen) atoms. The molecule has 120 valence electrons. The number of thioether (sulfide) groups is 1. The van der Waals surface area contributed by atoms with Crippen LogP contribution in [-0.2, 0) is 4.79 Å². The van der Waals surface area contributed by atoms with E-state index < -0.39 is 0 Å². The van der Waals surface area contributed by atoms with E-state index in [1.807, 2.05) is 41.6 Å². The van der Waals surface area contributed by atoms with Crippen molar-refractivity contribution in [3.05, 3.63) is 29.7 Å². The normalized spacial score (nSPS) is 19.1. The maximum atomic E-state index is 12.0. The number of methoxy groups -OCH3 is 2. The molecular weight excluding hydrogens is 314 g/mol. The monoisotopic (exact) mass is 331 g/mol. The number of likely N-dealkylation sites (N-methyl/N-ethyl adjacent to an activating group) is 1. The van der Waals surface area contributed by atoms with Gasteiger partial charge in [0.15, 0.2) is 17.3 Å². The Hall–Kier alpha value is -2.28. The van der Waals surface area contributed by atoms with Crippen LogP contribution in [0.5, 0.6) is 11.5 Å². The number of carbonyl (C=O) groups is 1. The van der Waals surface area contributed by atoms with Crippen LogP contribution in [0.2, 0.25) is 0 Å². The third-order valence-electron chi connectivity index (χ3n) is 3.63. The van der Waals surface area contributed by atoms with Crippen molar-refractivity contribution in [1.29, 1.82) is 0 Å². The van der Waals surface area contributed by atoms with Crippen molar-refractivity contribution >= 4 is 34.9 Å². The lowest BCUT2D eigenvalue weighted by Crippen LogP contribution is -2.33. The summed E-state index contributed by atoms with van der Waals surface area (Å²) >= 11 is 1.45. The van der Waals surface area contributed by atoms with Gasteiger partial charge in [0.2, 0.25) is 0 Å². The SMILES string of the molecule is COc1ccc(N(C)CC2=NC(=O)C3SC=CC3=N2)cc1OC. The van der Waals surface area contributed by atoms with Crippen LogP contribution in [0.15, 0.2) is 39.7 Å². The molecule has 1 atom stereocenters. The molecule has 2 aliphatic rings. The summed E-state index contributed by atoms with van der Waals surface area (Å²) in [6.07, 6.45) is 1.87. The second kappa shape index (κ2) is 6.45. The van der Waals surface area contributed by atoms with Crippen LogP contribution in [0.4, 0.5) is 5.69 Å². The summed E-state index contributed by atoms with van der Waals surface area (Å²) in [6, 6.07) is 5.65. The quantitative estimate of drug-likeness (QED) is 0.827.